The van der Waals surface area contributed by atoms with Gasteiger partial charge in [0.05, 0.1) is 12.2 Å². The lowest BCUT2D eigenvalue weighted by molar-refractivity contribution is -0.325. The highest BCUT2D eigenvalue weighted by Gasteiger charge is 2.59. The number of nitrogens with zero attached hydrogens (tertiary/aromatic N) is 4. The number of amides is 6. The van der Waals surface area contributed by atoms with Crippen molar-refractivity contribution >= 4 is 47.2 Å². The van der Waals surface area contributed by atoms with E-state index in [2.05, 4.69) is 21.5 Å². The van der Waals surface area contributed by atoms with E-state index in [-0.39, 0.29) is 62.0 Å². The molecule has 0 saturated carbocycles. The number of Topliss-reactive ketones (excluding diaryl/α,β-unsaturated/α-hetero) is 1. The number of nitrogens with one attached hydrogen (secondary N) is 4. The Morgan fingerprint density at radius 1 is 0.899 bits per heavy atom. The van der Waals surface area contributed by atoms with E-state index < -0.39 is 126 Å². The van der Waals surface area contributed by atoms with Gasteiger partial charge in [0.2, 0.25) is 17.6 Å². The number of esters is 1. The first kappa shape index (κ1) is 56.7. The molecule has 69 heavy (non-hydrogen) atoms. The van der Waals surface area contributed by atoms with Gasteiger partial charge in [-0.1, -0.05) is 46.8 Å². The Morgan fingerprint density at radius 3 is 2.03 bits per heavy atom. The van der Waals surface area contributed by atoms with E-state index >= 15 is 4.79 Å². The Bertz CT molecular complexity index is 2010. The quantitative estimate of drug-likeness (QED) is 0.0625. The Balaban J connectivity index is 1.85. The number of ketones is 1. The van der Waals surface area contributed by atoms with Crippen LogP contribution >= 0.6 is 0 Å². The van der Waals surface area contributed by atoms with Crippen molar-refractivity contribution in [1.82, 2.24) is 41.5 Å². The predicted octanol–water partition coefficient (Wildman–Crippen LogP) is 0.125. The van der Waals surface area contributed by atoms with Crippen LogP contribution in [0.2, 0.25) is 0 Å². The molecule has 4 rings (SSSR count). The molecule has 4 aliphatic rings. The standard InChI is InChI=1S/C47H76N8O14/c1-13-25(5)36(57)27(7)23-28(8)38-26(6)19-20-47(66,69-38)46(65,14-2)45(64)51-35-37(24(3)4)68-44(63)34(31(11)56)50-39(58)32-17-15-21-48-53(32)41(60)29(9)52(12)40(59)30(10)55(67)42(61)33-18-16-22-49-54(33)43(35)62/h13,23-24,26-27,29-35,37-38,48-49,56,65-67H,14-22H2,1-12H3,(H,50,58)(H,51,64)/t26-,27-,29+,30-,31-,32-,33+,34?,35-,37-,38-,46+,47+/m0/s1. The number of rotatable bonds is 10. The van der Waals surface area contributed by atoms with Gasteiger partial charge in [-0.15, -0.1) is 0 Å². The monoisotopic (exact) mass is 977 g/mol. The molecule has 22 heteroatoms. The third-order valence-electron chi connectivity index (χ3n) is 14.1. The topological polar surface area (TPSA) is 297 Å². The normalized spacial score (nSPS) is 33.0. The molecule has 1 unspecified atom stereocenters. The first-order chi connectivity index (χ1) is 32.2. The van der Waals surface area contributed by atoms with Crippen LogP contribution in [0.15, 0.2) is 23.3 Å². The lowest BCUT2D eigenvalue weighted by Gasteiger charge is -2.49. The van der Waals surface area contributed by atoms with Gasteiger partial charge in [0, 0.05) is 32.5 Å². The van der Waals surface area contributed by atoms with Gasteiger partial charge in [0.25, 0.3) is 23.6 Å². The minimum Gasteiger partial charge on any atom is -0.458 e. The number of ether oxygens (including phenoxy) is 2. The lowest BCUT2D eigenvalue weighted by Crippen LogP contribution is -2.71. The highest BCUT2D eigenvalue weighted by atomic mass is 16.7. The van der Waals surface area contributed by atoms with Crippen molar-refractivity contribution in [2.24, 2.45) is 17.8 Å². The fourth-order valence-electron chi connectivity index (χ4n) is 9.32. The van der Waals surface area contributed by atoms with E-state index in [4.69, 9.17) is 9.47 Å². The first-order valence-electron chi connectivity index (χ1n) is 24.1. The highest BCUT2D eigenvalue weighted by molar-refractivity contribution is 5.98. The van der Waals surface area contributed by atoms with Crippen molar-refractivity contribution in [3.8, 4) is 0 Å². The largest absolute Gasteiger partial charge is 0.458 e. The molecule has 8 N–H and O–H groups in total. The summed E-state index contributed by atoms with van der Waals surface area (Å²) in [6, 6.07) is -9.46. The van der Waals surface area contributed by atoms with Crippen LogP contribution in [0.4, 0.5) is 0 Å². The summed E-state index contributed by atoms with van der Waals surface area (Å²) in [5, 5.41) is 54.1. The molecule has 0 spiro atoms. The molecule has 4 saturated heterocycles. The molecular weight excluding hydrogens is 901 g/mol. The van der Waals surface area contributed by atoms with Crippen LogP contribution in [-0.4, -0.2) is 174 Å². The van der Waals surface area contributed by atoms with Gasteiger partial charge in [0.15, 0.2) is 17.4 Å². The molecule has 22 nitrogen and oxygen atoms in total. The fraction of sp³-hybridized carbons (Fsp3) is 0.745. The number of cyclic esters (lactones) is 1. The summed E-state index contributed by atoms with van der Waals surface area (Å²) in [7, 11) is 1.28. The number of hydroxylamine groups is 2. The Labute approximate surface area is 404 Å². The number of aliphatic hydroxyl groups is 3. The zero-order valence-electron chi connectivity index (χ0n) is 42.1. The number of carbonyl (C=O) groups is 8. The summed E-state index contributed by atoms with van der Waals surface area (Å²) in [4.78, 5) is 114. The van der Waals surface area contributed by atoms with Crippen LogP contribution in [0.25, 0.3) is 0 Å². The van der Waals surface area contributed by atoms with Crippen LogP contribution in [0.3, 0.4) is 0 Å². The minimum atomic E-state index is -2.80. The number of hydrogen-bond donors (Lipinski definition) is 8. The molecule has 6 amide bonds. The Morgan fingerprint density at radius 2 is 1.48 bits per heavy atom. The number of hydrogen-bond acceptors (Lipinski definition) is 16. The Hall–Kier alpha value is -4.84. The highest BCUT2D eigenvalue weighted by Crippen LogP contribution is 2.42. The van der Waals surface area contributed by atoms with E-state index in [0.29, 0.717) is 17.6 Å². The van der Waals surface area contributed by atoms with Crippen LogP contribution < -0.4 is 21.5 Å². The second kappa shape index (κ2) is 23.4. The average Bonchev–Trinajstić information content (AvgIpc) is 3.33. The summed E-state index contributed by atoms with van der Waals surface area (Å²) in [6.45, 7) is 17.4. The number of allylic oxidation sites excluding steroid dienone is 3. The zero-order valence-corrected chi connectivity index (χ0v) is 42.1. The molecule has 4 heterocycles. The van der Waals surface area contributed by atoms with E-state index in [1.807, 2.05) is 6.92 Å². The molecule has 0 aromatic carbocycles. The molecule has 0 aromatic rings. The van der Waals surface area contributed by atoms with Crippen molar-refractivity contribution in [3.05, 3.63) is 23.3 Å². The van der Waals surface area contributed by atoms with Gasteiger partial charge >= 0.3 is 5.97 Å². The average molecular weight is 977 g/mol. The molecule has 4 fully saturated rings. The number of aliphatic hydroxyl groups excluding tert-OH is 1. The predicted molar refractivity (Wildman–Crippen MR) is 247 cm³/mol. The van der Waals surface area contributed by atoms with Gasteiger partial charge in [-0.3, -0.25) is 48.8 Å². The SMILES string of the molecule is CC=C(C)C(=O)[C@@H](C)C=C(C)[C@H]1O[C@@](O)([C@@](O)(CC)C(=O)N[C@@H]2C(=O)N3NCCC[C@@H]3C(=O)N(O)[C@@H](C)C(=O)N(C)[C@H](C)C(=O)N3NCCC[C@H]3C(=O)NC([C@H](C)O)C(=O)O[C@H]2C(C)C)CC[C@@H]1C. The van der Waals surface area contributed by atoms with Crippen molar-refractivity contribution in [3.63, 3.8) is 0 Å². The lowest BCUT2D eigenvalue weighted by atomic mass is 9.78. The first-order valence-corrected chi connectivity index (χ1v) is 24.1. The van der Waals surface area contributed by atoms with Gasteiger partial charge < -0.3 is 40.3 Å². The van der Waals surface area contributed by atoms with Crippen molar-refractivity contribution in [2.45, 2.75) is 187 Å². The van der Waals surface area contributed by atoms with E-state index in [0.717, 1.165) is 14.9 Å². The molecule has 13 atom stereocenters. The van der Waals surface area contributed by atoms with Crippen LogP contribution in [0, 0.1) is 17.8 Å². The van der Waals surface area contributed by atoms with Gasteiger partial charge in [-0.05, 0) is 103 Å². The number of fused-ring (bicyclic) bond motifs is 2. The molecule has 0 aliphatic carbocycles. The van der Waals surface area contributed by atoms with Crippen LogP contribution in [0.1, 0.15) is 121 Å². The van der Waals surface area contributed by atoms with Crippen LogP contribution in [-0.2, 0) is 47.8 Å². The number of carbonyl (C=O) groups excluding carboxylic acids is 8. The third-order valence-corrected chi connectivity index (χ3v) is 14.1. The van der Waals surface area contributed by atoms with Crippen molar-refractivity contribution < 1.29 is 68.4 Å². The van der Waals surface area contributed by atoms with Crippen molar-refractivity contribution in [2.75, 3.05) is 20.1 Å². The molecule has 388 valence electrons. The maximum atomic E-state index is 15.2. The maximum absolute atomic E-state index is 15.2. The van der Waals surface area contributed by atoms with Gasteiger partial charge in [-0.2, -0.15) is 0 Å². The number of likely N-dealkylation sites (N-methyl/N-ethyl adjacent to an activating group) is 1. The summed E-state index contributed by atoms with van der Waals surface area (Å²) in [5.41, 5.74) is 4.01. The van der Waals surface area contributed by atoms with E-state index in [1.165, 1.54) is 48.6 Å². The molecule has 0 radical (unpaired) electrons. The van der Waals surface area contributed by atoms with Gasteiger partial charge in [0.1, 0.15) is 36.3 Å². The molecule has 0 bridgehead atoms. The summed E-state index contributed by atoms with van der Waals surface area (Å²) in [5.74, 6) is -11.7. The van der Waals surface area contributed by atoms with Gasteiger partial charge in [-0.25, -0.2) is 20.7 Å². The second-order valence-corrected chi connectivity index (χ2v) is 19.4. The van der Waals surface area contributed by atoms with Crippen molar-refractivity contribution in [1.29, 1.82) is 0 Å². The third kappa shape index (κ3) is 12.0. The summed E-state index contributed by atoms with van der Waals surface area (Å²) in [6.07, 6.45) is -0.537. The summed E-state index contributed by atoms with van der Waals surface area (Å²) < 4.78 is 12.3. The smallest absolute Gasteiger partial charge is 0.331 e. The minimum absolute atomic E-state index is 0.0668. The molecule has 0 aromatic heterocycles. The second-order valence-electron chi connectivity index (χ2n) is 19.4. The fourth-order valence-corrected chi connectivity index (χ4v) is 9.32. The molecular formula is C47H76N8O14. The van der Waals surface area contributed by atoms with E-state index in [9.17, 15) is 54.1 Å². The Kier molecular flexibility index (Phi) is 19.2. The van der Waals surface area contributed by atoms with E-state index in [1.54, 1.807) is 39.8 Å². The molecule has 4 aliphatic heterocycles. The zero-order chi connectivity index (χ0) is 52.0. The maximum Gasteiger partial charge on any atom is 0.331 e. The summed E-state index contributed by atoms with van der Waals surface area (Å²) >= 11 is 0. The number of hydrazine groups is 2. The van der Waals surface area contributed by atoms with Crippen LogP contribution in [0.5, 0.6) is 0 Å².